The second-order valence-corrected chi connectivity index (χ2v) is 6.96. The fourth-order valence-corrected chi connectivity index (χ4v) is 3.93. The van der Waals surface area contributed by atoms with Gasteiger partial charge in [-0.1, -0.05) is 30.3 Å². The van der Waals surface area contributed by atoms with E-state index in [9.17, 15) is 0 Å². The summed E-state index contributed by atoms with van der Waals surface area (Å²) in [6.45, 7) is 9.49. The van der Waals surface area contributed by atoms with E-state index in [0.717, 1.165) is 13.1 Å². The molecule has 0 saturated carbocycles. The van der Waals surface area contributed by atoms with Crippen LogP contribution in [0.25, 0.3) is 0 Å². The Labute approximate surface area is 129 Å². The van der Waals surface area contributed by atoms with Gasteiger partial charge in [0.1, 0.15) is 0 Å². The summed E-state index contributed by atoms with van der Waals surface area (Å²) in [4.78, 5) is 5.18. The summed E-state index contributed by atoms with van der Waals surface area (Å²) in [5.41, 5.74) is 1.89. The van der Waals surface area contributed by atoms with E-state index in [1.807, 2.05) is 0 Å². The molecule has 3 nitrogen and oxygen atoms in total. The molecule has 2 heterocycles. The van der Waals surface area contributed by atoms with Crippen LogP contribution in [0.15, 0.2) is 30.3 Å². The summed E-state index contributed by atoms with van der Waals surface area (Å²) in [5.74, 6) is 0. The Morgan fingerprint density at radius 2 is 1.86 bits per heavy atom. The van der Waals surface area contributed by atoms with Crippen LogP contribution in [0.5, 0.6) is 0 Å². The number of rotatable bonds is 3. The maximum Gasteiger partial charge on any atom is 0.0192 e. The molecule has 1 aromatic carbocycles. The molecule has 2 aliphatic rings. The summed E-state index contributed by atoms with van der Waals surface area (Å²) >= 11 is 0. The summed E-state index contributed by atoms with van der Waals surface area (Å²) in [6, 6.07) is 11.9. The predicted molar refractivity (Wildman–Crippen MR) is 88.8 cm³/mol. The molecule has 0 aromatic heterocycles. The summed E-state index contributed by atoms with van der Waals surface area (Å²) in [7, 11) is 2.25. The van der Waals surface area contributed by atoms with Crippen molar-refractivity contribution in [2.45, 2.75) is 31.2 Å². The molecule has 1 aromatic rings. The first kappa shape index (κ1) is 15.0. The van der Waals surface area contributed by atoms with Crippen molar-refractivity contribution in [3.8, 4) is 0 Å². The number of piperazine rings is 1. The van der Waals surface area contributed by atoms with Gasteiger partial charge in [-0.2, -0.15) is 0 Å². The van der Waals surface area contributed by atoms with Crippen molar-refractivity contribution >= 4 is 0 Å². The lowest BCUT2D eigenvalue weighted by Gasteiger charge is -2.45. The molecule has 0 bridgehead atoms. The third kappa shape index (κ3) is 3.31. The molecule has 21 heavy (non-hydrogen) atoms. The highest BCUT2D eigenvalue weighted by Gasteiger charge is 2.36. The number of piperidine rings is 1. The fourth-order valence-electron chi connectivity index (χ4n) is 3.93. The molecule has 1 N–H and O–H groups in total. The van der Waals surface area contributed by atoms with Crippen LogP contribution in [0.4, 0.5) is 0 Å². The van der Waals surface area contributed by atoms with Crippen molar-refractivity contribution in [3.05, 3.63) is 35.9 Å². The van der Waals surface area contributed by atoms with Crippen molar-refractivity contribution in [2.75, 3.05) is 46.3 Å². The summed E-state index contributed by atoms with van der Waals surface area (Å²) in [5, 5.41) is 3.54. The van der Waals surface area contributed by atoms with Gasteiger partial charge in [-0.05, 0) is 45.5 Å². The van der Waals surface area contributed by atoms with Gasteiger partial charge >= 0.3 is 0 Å². The van der Waals surface area contributed by atoms with Crippen molar-refractivity contribution in [3.63, 3.8) is 0 Å². The zero-order valence-electron chi connectivity index (χ0n) is 13.5. The Morgan fingerprint density at radius 3 is 2.52 bits per heavy atom. The third-order valence-corrected chi connectivity index (χ3v) is 5.52. The molecular weight excluding hydrogens is 258 g/mol. The van der Waals surface area contributed by atoms with Gasteiger partial charge in [0.15, 0.2) is 0 Å². The second-order valence-electron chi connectivity index (χ2n) is 6.96. The Balaban J connectivity index is 1.77. The highest BCUT2D eigenvalue weighted by Crippen LogP contribution is 2.34. The lowest BCUT2D eigenvalue weighted by atomic mass is 9.72. The number of hydrogen-bond acceptors (Lipinski definition) is 3. The average Bonchev–Trinajstić information content (AvgIpc) is 2.53. The van der Waals surface area contributed by atoms with E-state index in [1.54, 1.807) is 0 Å². The lowest BCUT2D eigenvalue weighted by Crippen LogP contribution is -2.55. The molecule has 116 valence electrons. The van der Waals surface area contributed by atoms with Gasteiger partial charge in [0.2, 0.25) is 0 Å². The SMILES string of the molecule is CC1CN(CC2(c3ccccc3)CCNCC2)CCN1C. The number of nitrogens with one attached hydrogen (secondary N) is 1. The van der Waals surface area contributed by atoms with Gasteiger partial charge in [0.25, 0.3) is 0 Å². The molecule has 0 aliphatic carbocycles. The summed E-state index contributed by atoms with van der Waals surface area (Å²) < 4.78 is 0. The number of likely N-dealkylation sites (N-methyl/N-ethyl adjacent to an activating group) is 1. The van der Waals surface area contributed by atoms with E-state index in [2.05, 4.69) is 59.4 Å². The van der Waals surface area contributed by atoms with Crippen LogP contribution in [-0.4, -0.2) is 62.2 Å². The first-order valence-corrected chi connectivity index (χ1v) is 8.38. The molecule has 2 fully saturated rings. The second kappa shape index (κ2) is 6.47. The minimum atomic E-state index is 0.349. The van der Waals surface area contributed by atoms with E-state index >= 15 is 0 Å². The first-order chi connectivity index (χ1) is 10.2. The van der Waals surface area contributed by atoms with E-state index in [4.69, 9.17) is 0 Å². The highest BCUT2D eigenvalue weighted by atomic mass is 15.3. The van der Waals surface area contributed by atoms with Gasteiger partial charge in [0, 0.05) is 37.6 Å². The average molecular weight is 287 g/mol. The molecule has 1 unspecified atom stereocenters. The van der Waals surface area contributed by atoms with Gasteiger partial charge < -0.3 is 10.2 Å². The molecule has 3 rings (SSSR count). The van der Waals surface area contributed by atoms with E-state index in [-0.39, 0.29) is 0 Å². The third-order valence-electron chi connectivity index (χ3n) is 5.52. The maximum atomic E-state index is 3.54. The van der Waals surface area contributed by atoms with E-state index < -0.39 is 0 Å². The van der Waals surface area contributed by atoms with E-state index in [0.29, 0.717) is 11.5 Å². The van der Waals surface area contributed by atoms with E-state index in [1.165, 1.54) is 44.6 Å². The molecule has 2 aliphatic heterocycles. The normalized spacial score (nSPS) is 27.6. The van der Waals surface area contributed by atoms with Gasteiger partial charge in [-0.3, -0.25) is 4.90 Å². The van der Waals surface area contributed by atoms with Crippen LogP contribution >= 0.6 is 0 Å². The minimum Gasteiger partial charge on any atom is -0.317 e. The Bertz CT molecular complexity index is 439. The van der Waals surface area contributed by atoms with Crippen molar-refractivity contribution in [1.82, 2.24) is 15.1 Å². The van der Waals surface area contributed by atoms with Crippen LogP contribution in [0, 0.1) is 0 Å². The maximum absolute atomic E-state index is 3.54. The number of benzene rings is 1. The van der Waals surface area contributed by atoms with Crippen LogP contribution < -0.4 is 5.32 Å². The largest absolute Gasteiger partial charge is 0.317 e. The van der Waals surface area contributed by atoms with Gasteiger partial charge in [-0.25, -0.2) is 0 Å². The van der Waals surface area contributed by atoms with Crippen molar-refractivity contribution < 1.29 is 0 Å². The molecule has 2 saturated heterocycles. The lowest BCUT2D eigenvalue weighted by molar-refractivity contribution is 0.0770. The Morgan fingerprint density at radius 1 is 1.14 bits per heavy atom. The molecule has 3 heteroatoms. The number of hydrogen-bond donors (Lipinski definition) is 1. The Kier molecular flexibility index (Phi) is 4.63. The quantitative estimate of drug-likeness (QED) is 0.916. The monoisotopic (exact) mass is 287 g/mol. The first-order valence-electron chi connectivity index (χ1n) is 8.38. The van der Waals surface area contributed by atoms with Crippen LogP contribution in [-0.2, 0) is 5.41 Å². The molecule has 0 spiro atoms. The predicted octanol–water partition coefficient (Wildman–Crippen LogP) is 1.94. The zero-order valence-corrected chi connectivity index (χ0v) is 13.5. The Hall–Kier alpha value is -0.900. The molecule has 0 radical (unpaired) electrons. The topological polar surface area (TPSA) is 18.5 Å². The van der Waals surface area contributed by atoms with Crippen LogP contribution in [0.3, 0.4) is 0 Å². The van der Waals surface area contributed by atoms with Gasteiger partial charge in [-0.15, -0.1) is 0 Å². The number of nitrogens with zero attached hydrogens (tertiary/aromatic N) is 2. The van der Waals surface area contributed by atoms with Crippen LogP contribution in [0.2, 0.25) is 0 Å². The van der Waals surface area contributed by atoms with Crippen LogP contribution in [0.1, 0.15) is 25.3 Å². The molecule has 0 amide bonds. The minimum absolute atomic E-state index is 0.349. The molecular formula is C18H29N3. The smallest absolute Gasteiger partial charge is 0.0192 e. The van der Waals surface area contributed by atoms with Gasteiger partial charge in [0.05, 0.1) is 0 Å². The van der Waals surface area contributed by atoms with Crippen molar-refractivity contribution in [1.29, 1.82) is 0 Å². The summed E-state index contributed by atoms with van der Waals surface area (Å²) in [6.07, 6.45) is 2.52. The highest BCUT2D eigenvalue weighted by molar-refractivity contribution is 5.27. The van der Waals surface area contributed by atoms with Crippen molar-refractivity contribution in [2.24, 2.45) is 0 Å². The standard InChI is InChI=1S/C18H29N3/c1-16-14-21(13-12-20(16)2)15-18(8-10-19-11-9-18)17-6-4-3-5-7-17/h3-7,16,19H,8-15H2,1-2H3. The fraction of sp³-hybridized carbons (Fsp3) is 0.667. The zero-order chi connectivity index (χ0) is 14.7. The molecule has 1 atom stereocenters.